The lowest BCUT2D eigenvalue weighted by Gasteiger charge is -2.24. The van der Waals surface area contributed by atoms with E-state index in [1.807, 2.05) is 11.1 Å². The molecule has 3 heteroatoms. The number of benzene rings is 1. The number of aliphatic hydroxyl groups is 1. The van der Waals surface area contributed by atoms with Crippen LogP contribution in [0.15, 0.2) is 30.3 Å². The van der Waals surface area contributed by atoms with E-state index in [2.05, 4.69) is 24.3 Å². The van der Waals surface area contributed by atoms with E-state index in [0.29, 0.717) is 18.7 Å². The summed E-state index contributed by atoms with van der Waals surface area (Å²) >= 11 is 0. The van der Waals surface area contributed by atoms with Crippen molar-refractivity contribution in [2.45, 2.75) is 37.5 Å². The quantitative estimate of drug-likeness (QED) is 0.783. The molecule has 2 heterocycles. The van der Waals surface area contributed by atoms with E-state index >= 15 is 0 Å². The van der Waals surface area contributed by atoms with Crippen LogP contribution in [0.5, 0.6) is 0 Å². The average molecular weight is 219 g/mol. The van der Waals surface area contributed by atoms with Crippen molar-refractivity contribution < 1.29 is 9.94 Å². The van der Waals surface area contributed by atoms with Crippen LogP contribution < -0.4 is 0 Å². The Hall–Kier alpha value is -0.900. The number of aliphatic hydroxyl groups excluding tert-OH is 1. The highest BCUT2D eigenvalue weighted by atomic mass is 16.7. The summed E-state index contributed by atoms with van der Waals surface area (Å²) in [7, 11) is 0. The summed E-state index contributed by atoms with van der Waals surface area (Å²) in [6.07, 6.45) is 2.94. The van der Waals surface area contributed by atoms with E-state index in [0.717, 1.165) is 19.3 Å². The molecule has 2 saturated heterocycles. The Morgan fingerprint density at radius 3 is 2.81 bits per heavy atom. The van der Waals surface area contributed by atoms with Gasteiger partial charge in [0.15, 0.2) is 0 Å². The molecule has 1 aromatic carbocycles. The number of hydrogen-bond acceptors (Lipinski definition) is 3. The van der Waals surface area contributed by atoms with Crippen LogP contribution in [-0.4, -0.2) is 28.9 Å². The van der Waals surface area contributed by atoms with Crippen molar-refractivity contribution in [3.05, 3.63) is 35.9 Å². The van der Waals surface area contributed by atoms with Gasteiger partial charge in [0.25, 0.3) is 0 Å². The second-order valence-corrected chi connectivity index (χ2v) is 4.72. The summed E-state index contributed by atoms with van der Waals surface area (Å²) in [6, 6.07) is 10.7. The number of hydroxylamine groups is 2. The van der Waals surface area contributed by atoms with Gasteiger partial charge in [-0.05, 0) is 24.8 Å². The van der Waals surface area contributed by atoms with E-state index in [1.165, 1.54) is 5.56 Å². The molecule has 0 amide bonds. The smallest absolute Gasteiger partial charge is 0.0813 e. The van der Waals surface area contributed by atoms with Gasteiger partial charge < -0.3 is 5.11 Å². The van der Waals surface area contributed by atoms with Crippen LogP contribution in [0.3, 0.4) is 0 Å². The second-order valence-electron chi connectivity index (χ2n) is 4.72. The molecule has 0 aromatic heterocycles. The van der Waals surface area contributed by atoms with E-state index in [-0.39, 0.29) is 6.10 Å². The van der Waals surface area contributed by atoms with Crippen LogP contribution in [0.4, 0.5) is 0 Å². The first-order chi connectivity index (χ1) is 7.83. The molecule has 4 atom stereocenters. The lowest BCUT2D eigenvalue weighted by molar-refractivity contribution is -0.164. The van der Waals surface area contributed by atoms with Crippen LogP contribution in [0.2, 0.25) is 0 Å². The first kappa shape index (κ1) is 10.3. The lowest BCUT2D eigenvalue weighted by atomic mass is 9.96. The molecule has 2 bridgehead atoms. The molecule has 16 heavy (non-hydrogen) atoms. The van der Waals surface area contributed by atoms with Crippen LogP contribution in [-0.2, 0) is 4.84 Å². The zero-order valence-electron chi connectivity index (χ0n) is 9.25. The van der Waals surface area contributed by atoms with Gasteiger partial charge in [-0.25, -0.2) is 0 Å². The van der Waals surface area contributed by atoms with Crippen molar-refractivity contribution in [3.8, 4) is 0 Å². The Morgan fingerprint density at radius 2 is 2.00 bits per heavy atom. The summed E-state index contributed by atoms with van der Waals surface area (Å²) in [5.74, 6) is 0. The highest BCUT2D eigenvalue weighted by molar-refractivity contribution is 5.19. The van der Waals surface area contributed by atoms with Gasteiger partial charge in [0.05, 0.1) is 24.8 Å². The highest BCUT2D eigenvalue weighted by Gasteiger charge is 2.37. The highest BCUT2D eigenvalue weighted by Crippen LogP contribution is 2.37. The molecule has 3 rings (SSSR count). The fourth-order valence-corrected chi connectivity index (χ4v) is 2.67. The van der Waals surface area contributed by atoms with Gasteiger partial charge in [0.1, 0.15) is 0 Å². The fraction of sp³-hybridized carbons (Fsp3) is 0.538. The minimum Gasteiger partial charge on any atom is -0.392 e. The molecular weight excluding hydrogens is 202 g/mol. The van der Waals surface area contributed by atoms with Crippen molar-refractivity contribution in [1.82, 2.24) is 5.06 Å². The van der Waals surface area contributed by atoms with Crippen LogP contribution in [0.1, 0.15) is 30.9 Å². The van der Waals surface area contributed by atoms with E-state index < -0.39 is 0 Å². The van der Waals surface area contributed by atoms with E-state index in [4.69, 9.17) is 4.84 Å². The fourth-order valence-electron chi connectivity index (χ4n) is 2.67. The molecule has 1 unspecified atom stereocenters. The topological polar surface area (TPSA) is 32.7 Å². The lowest BCUT2D eigenvalue weighted by Crippen LogP contribution is -2.30. The zero-order chi connectivity index (χ0) is 11.0. The molecule has 86 valence electrons. The van der Waals surface area contributed by atoms with Crippen molar-refractivity contribution in [3.63, 3.8) is 0 Å². The molecule has 0 saturated carbocycles. The van der Waals surface area contributed by atoms with Crippen molar-refractivity contribution >= 4 is 0 Å². The third kappa shape index (κ3) is 1.86. The summed E-state index contributed by atoms with van der Waals surface area (Å²) in [5, 5.41) is 11.7. The number of fused-ring (bicyclic) bond motifs is 2. The number of rotatable bonds is 1. The summed E-state index contributed by atoms with van der Waals surface area (Å²) < 4.78 is 0. The first-order valence-corrected chi connectivity index (χ1v) is 5.99. The van der Waals surface area contributed by atoms with Gasteiger partial charge in [0.2, 0.25) is 0 Å². The molecule has 1 N–H and O–H groups in total. The van der Waals surface area contributed by atoms with E-state index in [9.17, 15) is 5.11 Å². The predicted molar refractivity (Wildman–Crippen MR) is 60.6 cm³/mol. The molecule has 2 fully saturated rings. The Labute approximate surface area is 95.6 Å². The molecule has 2 aliphatic heterocycles. The normalized spacial score (nSPS) is 38.3. The SMILES string of the molecule is O[C@H]1CC[C@H]2C[C@@H](c3ccccc3)N(C1)O2. The maximum absolute atomic E-state index is 9.75. The number of nitrogens with zero attached hydrogens (tertiary/aromatic N) is 1. The molecule has 2 aliphatic rings. The van der Waals surface area contributed by atoms with Crippen LogP contribution in [0.25, 0.3) is 0 Å². The third-order valence-corrected chi connectivity index (χ3v) is 3.52. The van der Waals surface area contributed by atoms with Gasteiger partial charge in [0, 0.05) is 0 Å². The van der Waals surface area contributed by atoms with Gasteiger partial charge in [-0.1, -0.05) is 30.3 Å². The van der Waals surface area contributed by atoms with Crippen LogP contribution in [0, 0.1) is 0 Å². The maximum atomic E-state index is 9.75. The Bertz CT molecular complexity index is 354. The van der Waals surface area contributed by atoms with Gasteiger partial charge in [-0.15, -0.1) is 0 Å². The maximum Gasteiger partial charge on any atom is 0.0813 e. The molecule has 0 radical (unpaired) electrons. The molecule has 0 spiro atoms. The largest absolute Gasteiger partial charge is 0.392 e. The predicted octanol–water partition coefficient (Wildman–Crippen LogP) is 1.89. The molecule has 0 aliphatic carbocycles. The molecule has 1 aromatic rings. The van der Waals surface area contributed by atoms with Gasteiger partial charge >= 0.3 is 0 Å². The number of hydrogen-bond donors (Lipinski definition) is 1. The van der Waals surface area contributed by atoms with Crippen molar-refractivity contribution in [1.29, 1.82) is 0 Å². The minimum atomic E-state index is -0.239. The second kappa shape index (κ2) is 4.17. The monoisotopic (exact) mass is 219 g/mol. The van der Waals surface area contributed by atoms with Crippen molar-refractivity contribution in [2.24, 2.45) is 0 Å². The molecule has 3 nitrogen and oxygen atoms in total. The summed E-state index contributed by atoms with van der Waals surface area (Å²) in [4.78, 5) is 5.83. The Morgan fingerprint density at radius 1 is 1.19 bits per heavy atom. The Balaban J connectivity index is 1.83. The van der Waals surface area contributed by atoms with Crippen LogP contribution >= 0.6 is 0 Å². The summed E-state index contributed by atoms with van der Waals surface area (Å²) in [5.41, 5.74) is 1.29. The third-order valence-electron chi connectivity index (χ3n) is 3.52. The summed E-state index contributed by atoms with van der Waals surface area (Å²) in [6.45, 7) is 0.635. The zero-order valence-corrected chi connectivity index (χ0v) is 9.25. The van der Waals surface area contributed by atoms with E-state index in [1.54, 1.807) is 0 Å². The average Bonchev–Trinajstić information content (AvgIpc) is 2.60. The standard InChI is InChI=1S/C13H17NO2/c15-11-6-7-12-8-13(14(9-11)16-12)10-4-2-1-3-5-10/h1-5,11-13,15H,6-9H2/t11-,12-,13-/m0/s1. The van der Waals surface area contributed by atoms with Gasteiger partial charge in [-0.2, -0.15) is 5.06 Å². The minimum absolute atomic E-state index is 0.239. The van der Waals surface area contributed by atoms with Crippen molar-refractivity contribution in [2.75, 3.05) is 6.54 Å². The first-order valence-electron chi connectivity index (χ1n) is 5.99. The Kier molecular flexibility index (Phi) is 2.67. The van der Waals surface area contributed by atoms with Gasteiger partial charge in [-0.3, -0.25) is 4.84 Å². The molecular formula is C13H17NO2.